The molecule has 1 atom stereocenters. The number of rotatable bonds is 4. The molecule has 1 N–H and O–H groups in total. The van der Waals surface area contributed by atoms with E-state index in [0.717, 1.165) is 5.56 Å². The quantitative estimate of drug-likeness (QED) is 0.781. The van der Waals surface area contributed by atoms with E-state index in [0.29, 0.717) is 17.0 Å². The predicted octanol–water partition coefficient (Wildman–Crippen LogP) is 4.99. The smallest absolute Gasteiger partial charge is 0.193 e. The molecule has 0 fully saturated rings. The molecule has 0 spiro atoms. The maximum atomic E-state index is 8.95. The van der Waals surface area contributed by atoms with Crippen molar-refractivity contribution >= 4 is 34.5 Å². The minimum Gasteiger partial charge on any atom is -0.499 e. The highest BCUT2D eigenvalue weighted by atomic mass is 32.1. The van der Waals surface area contributed by atoms with Crippen LogP contribution in [-0.2, 0) is 4.74 Å². The first-order chi connectivity index (χ1) is 11.4. The number of aliphatic hydroxyl groups is 1. The summed E-state index contributed by atoms with van der Waals surface area (Å²) in [7, 11) is 0. The van der Waals surface area contributed by atoms with E-state index in [-0.39, 0.29) is 5.05 Å². The van der Waals surface area contributed by atoms with Crippen molar-refractivity contribution in [3.8, 4) is 6.07 Å². The van der Waals surface area contributed by atoms with Crippen molar-refractivity contribution in [1.29, 1.82) is 5.26 Å². The van der Waals surface area contributed by atoms with Crippen molar-refractivity contribution in [2.45, 2.75) is 25.9 Å². The fourth-order valence-electron chi connectivity index (χ4n) is 1.59. The summed E-state index contributed by atoms with van der Waals surface area (Å²) in [6.45, 7) is 3.64. The number of ether oxygens (including phenoxy) is 1. The van der Waals surface area contributed by atoms with E-state index in [4.69, 9.17) is 27.3 Å². The van der Waals surface area contributed by atoms with Gasteiger partial charge < -0.3 is 9.84 Å². The Kier molecular flexibility index (Phi) is 8.03. The van der Waals surface area contributed by atoms with E-state index in [1.165, 1.54) is 0 Å². The van der Waals surface area contributed by atoms with E-state index < -0.39 is 5.60 Å². The fourth-order valence-corrected chi connectivity index (χ4v) is 2.05. The van der Waals surface area contributed by atoms with Crippen LogP contribution in [0.15, 0.2) is 60.7 Å². The fraction of sp³-hybridized carbons (Fsp3) is 0.211. The largest absolute Gasteiger partial charge is 0.499 e. The Hall–Kier alpha value is -2.29. The molecule has 0 aliphatic carbocycles. The van der Waals surface area contributed by atoms with E-state index in [2.05, 4.69) is 18.3 Å². The Labute approximate surface area is 153 Å². The molecular weight excluding hydrogens is 338 g/mol. The van der Waals surface area contributed by atoms with Gasteiger partial charge in [0, 0.05) is 11.1 Å². The van der Waals surface area contributed by atoms with Crippen LogP contribution in [0, 0.1) is 11.3 Å². The maximum absolute atomic E-state index is 8.95. The third-order valence-corrected chi connectivity index (χ3v) is 3.81. The molecule has 0 radical (unpaired) electrons. The van der Waals surface area contributed by atoms with Crippen LogP contribution in [0.4, 0.5) is 0 Å². The lowest BCUT2D eigenvalue weighted by Gasteiger charge is -2.21. The molecule has 0 aliphatic rings. The van der Waals surface area contributed by atoms with Gasteiger partial charge in [-0.2, -0.15) is 5.26 Å². The second-order valence-corrected chi connectivity index (χ2v) is 5.88. The van der Waals surface area contributed by atoms with E-state index >= 15 is 0 Å². The molecule has 24 heavy (non-hydrogen) atoms. The van der Waals surface area contributed by atoms with Crippen LogP contribution in [0.2, 0.25) is 0 Å². The Morgan fingerprint density at radius 3 is 1.83 bits per heavy atom. The zero-order chi connectivity index (χ0) is 18.0. The van der Waals surface area contributed by atoms with Crippen molar-refractivity contribution in [1.82, 2.24) is 0 Å². The lowest BCUT2D eigenvalue weighted by molar-refractivity contribution is 0.136. The van der Waals surface area contributed by atoms with Crippen molar-refractivity contribution in [2.75, 3.05) is 0 Å². The van der Waals surface area contributed by atoms with E-state index in [1.807, 2.05) is 55.5 Å². The number of hydrogen-bond donors (Lipinski definition) is 1. The molecule has 2 aromatic carbocycles. The Bertz CT molecular complexity index is 711. The summed E-state index contributed by atoms with van der Waals surface area (Å²) in [4.78, 5) is 0. The highest BCUT2D eigenvalue weighted by molar-refractivity contribution is 7.80. The molecule has 124 valence electrons. The number of thiocarbonyl (C=S) groups is 2. The molecule has 0 heterocycles. The minimum atomic E-state index is -0.826. The highest BCUT2D eigenvalue weighted by Gasteiger charge is 2.24. The monoisotopic (exact) mass is 357 g/mol. The summed E-state index contributed by atoms with van der Waals surface area (Å²) in [6.07, 6.45) is 0.608. The summed E-state index contributed by atoms with van der Waals surface area (Å²) in [5.41, 5.74) is 0.711. The van der Waals surface area contributed by atoms with Gasteiger partial charge in [0.1, 0.15) is 6.07 Å². The van der Waals surface area contributed by atoms with Gasteiger partial charge in [-0.1, -0.05) is 67.6 Å². The first-order valence-corrected chi connectivity index (χ1v) is 8.21. The molecule has 0 amide bonds. The molecule has 2 rings (SSSR count). The molecule has 0 aliphatic heterocycles. The van der Waals surface area contributed by atoms with Crippen LogP contribution in [0.1, 0.15) is 31.4 Å². The van der Waals surface area contributed by atoms with E-state index in [9.17, 15) is 0 Å². The minimum absolute atomic E-state index is 0.0457. The number of aliphatic hydroxyl groups excluding tert-OH is 1. The molecular formula is C19H19NO2S2. The summed E-state index contributed by atoms with van der Waals surface area (Å²) >= 11 is 9.65. The number of hydrogen-bond acceptors (Lipinski definition) is 4. The van der Waals surface area contributed by atoms with Gasteiger partial charge in [0.2, 0.25) is 0 Å². The molecule has 0 bridgehead atoms. The normalized spacial score (nSPS) is 11.9. The van der Waals surface area contributed by atoms with Crippen molar-refractivity contribution in [3.05, 3.63) is 71.8 Å². The Balaban J connectivity index is 0.000000272. The molecule has 0 saturated carbocycles. The number of nitrogens with zero attached hydrogens (tertiary/aromatic N) is 1. The summed E-state index contributed by atoms with van der Waals surface area (Å²) in [5.74, 6) is 0. The van der Waals surface area contributed by atoms with Gasteiger partial charge in [-0.05, 0) is 37.8 Å². The third-order valence-electron chi connectivity index (χ3n) is 3.26. The standard InChI is InChI=1S/C12H13NOS.C7H6OS/c1-3-12(2,9-13)14-11(15)10-7-5-4-6-8-10;8-7(9)6-4-2-1-3-5-6/h4-8H,3H2,1-2H3;1-5H,(H,8,9). The van der Waals surface area contributed by atoms with Crippen LogP contribution in [0.25, 0.3) is 0 Å². The van der Waals surface area contributed by atoms with Gasteiger partial charge in [-0.25, -0.2) is 0 Å². The molecule has 0 saturated heterocycles. The molecule has 2 aromatic rings. The molecule has 0 aromatic heterocycles. The van der Waals surface area contributed by atoms with Gasteiger partial charge >= 0.3 is 0 Å². The van der Waals surface area contributed by atoms with Gasteiger partial charge in [-0.3, -0.25) is 0 Å². The van der Waals surface area contributed by atoms with Crippen molar-refractivity contribution < 1.29 is 9.84 Å². The summed E-state index contributed by atoms with van der Waals surface area (Å²) in [5, 5.41) is 18.0. The average molecular weight is 358 g/mol. The van der Waals surface area contributed by atoms with Crippen LogP contribution >= 0.6 is 24.4 Å². The lowest BCUT2D eigenvalue weighted by atomic mass is 10.1. The molecule has 5 heteroatoms. The average Bonchev–Trinajstić information content (AvgIpc) is 2.63. The Morgan fingerprint density at radius 1 is 1.04 bits per heavy atom. The third kappa shape index (κ3) is 6.45. The SMILES string of the molecule is CCC(C)(C#N)OC(=S)c1ccccc1.OC(=S)c1ccccc1. The van der Waals surface area contributed by atoms with Crippen molar-refractivity contribution in [3.63, 3.8) is 0 Å². The summed E-state index contributed by atoms with van der Waals surface area (Å²) in [6, 6.07) is 20.6. The highest BCUT2D eigenvalue weighted by Crippen LogP contribution is 2.17. The van der Waals surface area contributed by atoms with Crippen LogP contribution < -0.4 is 0 Å². The predicted molar refractivity (Wildman–Crippen MR) is 104 cm³/mol. The second kappa shape index (κ2) is 9.76. The molecule has 3 nitrogen and oxygen atoms in total. The Morgan fingerprint density at radius 2 is 1.50 bits per heavy atom. The van der Waals surface area contributed by atoms with Crippen LogP contribution in [0.5, 0.6) is 0 Å². The van der Waals surface area contributed by atoms with E-state index in [1.54, 1.807) is 19.1 Å². The number of benzene rings is 2. The topological polar surface area (TPSA) is 53.2 Å². The lowest BCUT2D eigenvalue weighted by Crippen LogP contribution is -2.28. The first kappa shape index (κ1) is 19.8. The van der Waals surface area contributed by atoms with Gasteiger partial charge in [-0.15, -0.1) is 0 Å². The molecule has 1 unspecified atom stereocenters. The van der Waals surface area contributed by atoms with Crippen molar-refractivity contribution in [2.24, 2.45) is 0 Å². The van der Waals surface area contributed by atoms with Gasteiger partial charge in [0.05, 0.1) is 0 Å². The summed E-state index contributed by atoms with van der Waals surface area (Å²) < 4.78 is 5.49. The van der Waals surface area contributed by atoms with Crippen LogP contribution in [0.3, 0.4) is 0 Å². The first-order valence-electron chi connectivity index (χ1n) is 7.40. The zero-order valence-corrected chi connectivity index (χ0v) is 15.2. The van der Waals surface area contributed by atoms with Gasteiger partial charge in [0.15, 0.2) is 15.7 Å². The maximum Gasteiger partial charge on any atom is 0.193 e. The number of nitriles is 1. The second-order valence-electron chi connectivity index (χ2n) is 5.12. The zero-order valence-electron chi connectivity index (χ0n) is 13.6. The van der Waals surface area contributed by atoms with Gasteiger partial charge in [0.25, 0.3) is 0 Å². The van der Waals surface area contributed by atoms with Crippen LogP contribution in [-0.4, -0.2) is 20.8 Å².